The molecular weight excluding hydrogens is 288 g/mol. The van der Waals surface area contributed by atoms with E-state index in [9.17, 15) is 9.90 Å². The monoisotopic (exact) mass is 318 g/mol. The number of carbonyl (C=O) groups excluding carboxylic acids is 1. The standard InChI is InChI=1S/C20H30O3/c1-14-6-4-8-15(2)12-19-18(16(3)20(22)23-19)11-10-17(13-21)9-5-7-14/h7,10,15,18-19,21H,3-6,8-9,11-13H2,1-2H3/b14-7-,17-10+/t15?,18-,19+/m0/s1. The number of hydrogen-bond donors (Lipinski definition) is 1. The fourth-order valence-corrected chi connectivity index (χ4v) is 3.57. The Bertz CT molecular complexity index is 501. The van der Waals surface area contributed by atoms with Crippen molar-refractivity contribution in [2.24, 2.45) is 11.8 Å². The predicted molar refractivity (Wildman–Crippen MR) is 92.9 cm³/mol. The Kier molecular flexibility index (Phi) is 6.64. The second-order valence-electron chi connectivity index (χ2n) is 7.15. The summed E-state index contributed by atoms with van der Waals surface area (Å²) in [7, 11) is 0. The number of hydrogen-bond acceptors (Lipinski definition) is 3. The molecule has 1 aliphatic heterocycles. The molecule has 0 bridgehead atoms. The summed E-state index contributed by atoms with van der Waals surface area (Å²) in [6, 6.07) is 0. The lowest BCUT2D eigenvalue weighted by Gasteiger charge is -2.21. The van der Waals surface area contributed by atoms with E-state index in [1.807, 2.05) is 0 Å². The van der Waals surface area contributed by atoms with E-state index in [1.54, 1.807) is 0 Å². The van der Waals surface area contributed by atoms with Crippen molar-refractivity contribution in [1.82, 2.24) is 0 Å². The van der Waals surface area contributed by atoms with Crippen LogP contribution in [0.25, 0.3) is 0 Å². The maximum atomic E-state index is 11.9. The first-order chi connectivity index (χ1) is 11.0. The van der Waals surface area contributed by atoms with E-state index in [4.69, 9.17) is 4.74 Å². The molecule has 0 saturated carbocycles. The molecule has 1 aliphatic carbocycles. The Balaban J connectivity index is 2.15. The number of rotatable bonds is 1. The second kappa shape index (κ2) is 8.49. The molecule has 1 unspecified atom stereocenters. The summed E-state index contributed by atoms with van der Waals surface area (Å²) in [5.41, 5.74) is 3.08. The normalized spacial score (nSPS) is 35.3. The number of fused-ring (bicyclic) bond motifs is 1. The van der Waals surface area contributed by atoms with Crippen molar-refractivity contribution in [3.63, 3.8) is 0 Å². The lowest BCUT2D eigenvalue weighted by molar-refractivity contribution is -0.139. The fourth-order valence-electron chi connectivity index (χ4n) is 3.57. The van der Waals surface area contributed by atoms with Crippen LogP contribution in [0.3, 0.4) is 0 Å². The summed E-state index contributed by atoms with van der Waals surface area (Å²) in [5, 5.41) is 9.55. The summed E-state index contributed by atoms with van der Waals surface area (Å²) < 4.78 is 5.56. The minimum Gasteiger partial charge on any atom is -0.458 e. The van der Waals surface area contributed by atoms with Gasteiger partial charge in [-0.05, 0) is 56.9 Å². The van der Waals surface area contributed by atoms with Gasteiger partial charge in [0, 0.05) is 11.5 Å². The number of ether oxygens (including phenoxy) is 1. The maximum absolute atomic E-state index is 11.9. The van der Waals surface area contributed by atoms with Crippen LogP contribution in [0.15, 0.2) is 35.5 Å². The first-order valence-electron chi connectivity index (χ1n) is 8.85. The van der Waals surface area contributed by atoms with Crippen LogP contribution in [-0.4, -0.2) is 23.8 Å². The Morgan fingerprint density at radius 2 is 2.13 bits per heavy atom. The molecule has 1 saturated heterocycles. The van der Waals surface area contributed by atoms with Crippen LogP contribution in [0.2, 0.25) is 0 Å². The highest BCUT2D eigenvalue weighted by molar-refractivity contribution is 5.90. The molecule has 1 N–H and O–H groups in total. The van der Waals surface area contributed by atoms with Crippen LogP contribution in [-0.2, 0) is 9.53 Å². The van der Waals surface area contributed by atoms with Crippen LogP contribution in [0.4, 0.5) is 0 Å². The minimum absolute atomic E-state index is 0.0548. The van der Waals surface area contributed by atoms with Crippen molar-refractivity contribution in [3.8, 4) is 0 Å². The molecule has 0 radical (unpaired) electrons. The van der Waals surface area contributed by atoms with E-state index >= 15 is 0 Å². The molecule has 2 rings (SSSR count). The van der Waals surface area contributed by atoms with Gasteiger partial charge in [-0.3, -0.25) is 0 Å². The van der Waals surface area contributed by atoms with Gasteiger partial charge in [-0.2, -0.15) is 0 Å². The van der Waals surface area contributed by atoms with Gasteiger partial charge in [0.05, 0.1) is 6.61 Å². The van der Waals surface area contributed by atoms with Crippen LogP contribution in [0.1, 0.15) is 58.8 Å². The molecule has 0 aromatic rings. The van der Waals surface area contributed by atoms with Crippen LogP contribution in [0.5, 0.6) is 0 Å². The predicted octanol–water partition coefficient (Wildman–Crippen LogP) is 4.33. The molecule has 0 spiro atoms. The Labute approximate surface area is 140 Å². The zero-order valence-electron chi connectivity index (χ0n) is 14.5. The summed E-state index contributed by atoms with van der Waals surface area (Å²) in [6.07, 6.45) is 11.3. The van der Waals surface area contributed by atoms with Crippen molar-refractivity contribution >= 4 is 5.97 Å². The summed E-state index contributed by atoms with van der Waals surface area (Å²) in [4.78, 5) is 11.9. The van der Waals surface area contributed by atoms with E-state index in [0.717, 1.165) is 44.1 Å². The molecule has 0 amide bonds. The lowest BCUT2D eigenvalue weighted by Crippen LogP contribution is -2.20. The number of aliphatic hydroxyl groups excluding tert-OH is 1. The zero-order chi connectivity index (χ0) is 16.8. The molecular formula is C20H30O3. The quantitative estimate of drug-likeness (QED) is 0.445. The molecule has 2 aliphatic rings. The SMILES string of the molecule is C=C1C(=O)O[C@@H]2CC(C)CCC/C(C)=C\CC/C(CO)=C\C[C@@H]12. The number of carbonyl (C=O) groups is 1. The van der Waals surface area contributed by atoms with Gasteiger partial charge in [0.25, 0.3) is 0 Å². The smallest absolute Gasteiger partial charge is 0.334 e. The molecule has 1 heterocycles. The largest absolute Gasteiger partial charge is 0.458 e. The van der Waals surface area contributed by atoms with E-state index in [-0.39, 0.29) is 24.6 Å². The van der Waals surface area contributed by atoms with Crippen molar-refractivity contribution in [2.45, 2.75) is 64.9 Å². The van der Waals surface area contributed by atoms with Crippen molar-refractivity contribution in [1.29, 1.82) is 0 Å². The van der Waals surface area contributed by atoms with Crippen LogP contribution in [0, 0.1) is 11.8 Å². The molecule has 0 aromatic heterocycles. The third kappa shape index (κ3) is 5.07. The average molecular weight is 318 g/mol. The van der Waals surface area contributed by atoms with E-state index in [0.29, 0.717) is 11.5 Å². The lowest BCUT2D eigenvalue weighted by atomic mass is 9.86. The molecule has 23 heavy (non-hydrogen) atoms. The highest BCUT2D eigenvalue weighted by atomic mass is 16.6. The Morgan fingerprint density at radius 3 is 2.87 bits per heavy atom. The van der Waals surface area contributed by atoms with Gasteiger partial charge in [-0.15, -0.1) is 0 Å². The summed E-state index contributed by atoms with van der Waals surface area (Å²) >= 11 is 0. The summed E-state index contributed by atoms with van der Waals surface area (Å²) in [6.45, 7) is 8.45. The molecule has 128 valence electrons. The van der Waals surface area contributed by atoms with E-state index < -0.39 is 0 Å². The maximum Gasteiger partial charge on any atom is 0.334 e. The Morgan fingerprint density at radius 1 is 1.35 bits per heavy atom. The summed E-state index contributed by atoms with van der Waals surface area (Å²) in [5.74, 6) is 0.359. The van der Waals surface area contributed by atoms with Gasteiger partial charge in [0.1, 0.15) is 6.10 Å². The van der Waals surface area contributed by atoms with Crippen molar-refractivity contribution < 1.29 is 14.6 Å². The number of allylic oxidation sites excluding steroid dienone is 3. The molecule has 1 fully saturated rings. The number of esters is 1. The molecule has 3 atom stereocenters. The Hall–Kier alpha value is -1.35. The molecule has 3 nitrogen and oxygen atoms in total. The van der Waals surface area contributed by atoms with Gasteiger partial charge in [-0.25, -0.2) is 4.79 Å². The third-order valence-electron chi connectivity index (χ3n) is 5.14. The molecule has 3 heteroatoms. The average Bonchev–Trinajstić information content (AvgIpc) is 2.76. The first-order valence-corrected chi connectivity index (χ1v) is 8.85. The van der Waals surface area contributed by atoms with E-state index in [2.05, 4.69) is 32.6 Å². The molecule has 0 aromatic carbocycles. The first kappa shape index (κ1) is 18.0. The van der Waals surface area contributed by atoms with Crippen molar-refractivity contribution in [3.05, 3.63) is 35.5 Å². The van der Waals surface area contributed by atoms with Gasteiger partial charge in [0.15, 0.2) is 0 Å². The van der Waals surface area contributed by atoms with Gasteiger partial charge in [-0.1, -0.05) is 37.6 Å². The zero-order valence-corrected chi connectivity index (χ0v) is 14.5. The second-order valence-corrected chi connectivity index (χ2v) is 7.15. The van der Waals surface area contributed by atoms with Crippen LogP contribution >= 0.6 is 0 Å². The van der Waals surface area contributed by atoms with Crippen molar-refractivity contribution in [2.75, 3.05) is 6.61 Å². The fraction of sp³-hybridized carbons (Fsp3) is 0.650. The van der Waals surface area contributed by atoms with Gasteiger partial charge < -0.3 is 9.84 Å². The minimum atomic E-state index is -0.243. The third-order valence-corrected chi connectivity index (χ3v) is 5.14. The van der Waals surface area contributed by atoms with Gasteiger partial charge in [0.2, 0.25) is 0 Å². The topological polar surface area (TPSA) is 46.5 Å². The van der Waals surface area contributed by atoms with Crippen LogP contribution < -0.4 is 0 Å². The highest BCUT2D eigenvalue weighted by Gasteiger charge is 2.38. The number of aliphatic hydroxyl groups is 1. The van der Waals surface area contributed by atoms with Gasteiger partial charge >= 0.3 is 5.97 Å². The highest BCUT2D eigenvalue weighted by Crippen LogP contribution is 2.35. The van der Waals surface area contributed by atoms with E-state index in [1.165, 1.54) is 12.0 Å².